The summed E-state index contributed by atoms with van der Waals surface area (Å²) in [7, 11) is 0. The average Bonchev–Trinajstić information content (AvgIpc) is 3.78. The molecule has 0 aliphatic heterocycles. The second kappa shape index (κ2) is 11.4. The van der Waals surface area contributed by atoms with E-state index in [1.807, 2.05) is 47.7 Å². The van der Waals surface area contributed by atoms with Crippen LogP contribution in [0.4, 0.5) is 0 Å². The summed E-state index contributed by atoms with van der Waals surface area (Å²) in [6.45, 7) is 0. The molecule has 0 aliphatic rings. The van der Waals surface area contributed by atoms with Crippen LogP contribution < -0.4 is 0 Å². The molecule has 0 aliphatic carbocycles. The third kappa shape index (κ3) is 4.36. The fraction of sp³-hybridized carbons (Fsp3) is 0. The van der Waals surface area contributed by atoms with Crippen LogP contribution in [0.15, 0.2) is 170 Å². The van der Waals surface area contributed by atoms with Crippen LogP contribution in [0.3, 0.4) is 0 Å². The molecule has 5 heteroatoms. The molecule has 11 rings (SSSR count). The SMILES string of the molecule is c1ccc(-c2nc(-c3ccccc3)nc(-n3c4c(-c5ccc6c(c5)sc5ccccc56)cccc4c4c5ccccc5c5ccccc5c43)n2)cc1. The van der Waals surface area contributed by atoms with E-state index in [1.165, 1.54) is 41.7 Å². The maximum Gasteiger partial charge on any atom is 0.238 e. The number of benzene rings is 8. The zero-order chi connectivity index (χ0) is 34.2. The monoisotopic (exact) mass is 680 g/mol. The van der Waals surface area contributed by atoms with Crippen LogP contribution in [0.25, 0.3) is 103 Å². The predicted molar refractivity (Wildman–Crippen MR) is 218 cm³/mol. The first-order valence-electron chi connectivity index (χ1n) is 17.5. The molecule has 3 heterocycles. The summed E-state index contributed by atoms with van der Waals surface area (Å²) >= 11 is 1.84. The van der Waals surface area contributed by atoms with Crippen LogP contribution in [0.5, 0.6) is 0 Å². The van der Waals surface area contributed by atoms with Gasteiger partial charge < -0.3 is 0 Å². The Balaban J connectivity index is 1.32. The summed E-state index contributed by atoms with van der Waals surface area (Å²) in [5.74, 6) is 1.85. The molecule has 4 nitrogen and oxygen atoms in total. The topological polar surface area (TPSA) is 43.6 Å². The molecule has 3 aromatic heterocycles. The minimum Gasteiger partial charge on any atom is -0.277 e. The molecule has 8 aromatic carbocycles. The molecule has 0 radical (unpaired) electrons. The zero-order valence-electron chi connectivity index (χ0n) is 27.9. The zero-order valence-corrected chi connectivity index (χ0v) is 28.7. The predicted octanol–water partition coefficient (Wildman–Crippen LogP) is 12.6. The Hall–Kier alpha value is -6.69. The lowest BCUT2D eigenvalue weighted by Gasteiger charge is -2.14. The lowest BCUT2D eigenvalue weighted by Crippen LogP contribution is -2.07. The molecule has 0 fully saturated rings. The number of hydrogen-bond donors (Lipinski definition) is 0. The van der Waals surface area contributed by atoms with Crippen molar-refractivity contribution in [1.82, 2.24) is 19.5 Å². The highest BCUT2D eigenvalue weighted by atomic mass is 32.1. The van der Waals surface area contributed by atoms with Crippen molar-refractivity contribution < 1.29 is 0 Å². The summed E-state index contributed by atoms with van der Waals surface area (Å²) in [5, 5.41) is 9.72. The summed E-state index contributed by atoms with van der Waals surface area (Å²) < 4.78 is 4.88. The standard InChI is InChI=1S/C47H28N4S/c1-3-14-29(15-4-1)45-48-46(30-16-5-2-6-17-30)50-47(49-45)51-43-32(31-26-27-36-35-20-11-12-25-40(35)52-41(36)28-31)23-13-24-39(43)42-37-21-9-7-18-33(37)34-19-8-10-22-38(34)44(42)51/h1-28H. The van der Waals surface area contributed by atoms with E-state index in [9.17, 15) is 0 Å². The highest BCUT2D eigenvalue weighted by Crippen LogP contribution is 2.45. The van der Waals surface area contributed by atoms with E-state index in [0.29, 0.717) is 17.6 Å². The van der Waals surface area contributed by atoms with Gasteiger partial charge in [0.1, 0.15) is 0 Å². The Bertz CT molecular complexity index is 3120. The summed E-state index contributed by atoms with van der Waals surface area (Å²) in [5.41, 5.74) is 6.32. The fourth-order valence-electron chi connectivity index (χ4n) is 7.95. The van der Waals surface area contributed by atoms with Crippen LogP contribution in [0.1, 0.15) is 0 Å². The molecule has 0 N–H and O–H groups in total. The number of hydrogen-bond acceptors (Lipinski definition) is 4. The van der Waals surface area contributed by atoms with Gasteiger partial charge in [0.25, 0.3) is 0 Å². The van der Waals surface area contributed by atoms with Crippen molar-refractivity contribution >= 4 is 74.9 Å². The molecule has 0 unspecified atom stereocenters. The third-order valence-electron chi connectivity index (χ3n) is 10.2. The molecule has 11 aromatic rings. The van der Waals surface area contributed by atoms with Crippen LogP contribution in [-0.4, -0.2) is 19.5 Å². The van der Waals surface area contributed by atoms with Gasteiger partial charge in [-0.1, -0.05) is 158 Å². The van der Waals surface area contributed by atoms with Crippen LogP contribution in [0.2, 0.25) is 0 Å². The van der Waals surface area contributed by atoms with Gasteiger partial charge in [-0.15, -0.1) is 11.3 Å². The van der Waals surface area contributed by atoms with E-state index in [4.69, 9.17) is 15.0 Å². The Morgan fingerprint density at radius 1 is 0.365 bits per heavy atom. The van der Waals surface area contributed by atoms with Gasteiger partial charge in [0, 0.05) is 53.0 Å². The first-order valence-corrected chi connectivity index (χ1v) is 18.3. The fourth-order valence-corrected chi connectivity index (χ4v) is 9.09. The van der Waals surface area contributed by atoms with Gasteiger partial charge in [-0.05, 0) is 33.9 Å². The molecule has 242 valence electrons. The number of aromatic nitrogens is 4. The molecule has 52 heavy (non-hydrogen) atoms. The van der Waals surface area contributed by atoms with Crippen molar-refractivity contribution in [3.8, 4) is 39.9 Å². The maximum atomic E-state index is 5.32. The van der Waals surface area contributed by atoms with Gasteiger partial charge in [-0.2, -0.15) is 9.97 Å². The summed E-state index contributed by atoms with van der Waals surface area (Å²) in [6.07, 6.45) is 0. The second-order valence-corrected chi connectivity index (χ2v) is 14.3. The van der Waals surface area contributed by atoms with Crippen molar-refractivity contribution in [3.63, 3.8) is 0 Å². The number of thiophene rings is 1. The molecule has 0 saturated heterocycles. The number of nitrogens with zero attached hydrogens (tertiary/aromatic N) is 4. The molecule has 0 saturated carbocycles. The third-order valence-corrected chi connectivity index (χ3v) is 11.4. The van der Waals surface area contributed by atoms with Crippen molar-refractivity contribution in [2.24, 2.45) is 0 Å². The van der Waals surface area contributed by atoms with Gasteiger partial charge in [0.15, 0.2) is 11.6 Å². The van der Waals surface area contributed by atoms with E-state index in [-0.39, 0.29) is 0 Å². The number of para-hydroxylation sites is 1. The van der Waals surface area contributed by atoms with E-state index < -0.39 is 0 Å². The minimum atomic E-state index is 0.587. The normalized spacial score (nSPS) is 11.8. The molecule has 0 spiro atoms. The summed E-state index contributed by atoms with van der Waals surface area (Å²) in [6, 6.07) is 60.2. The van der Waals surface area contributed by atoms with E-state index in [0.717, 1.165) is 44.1 Å². The van der Waals surface area contributed by atoms with Crippen molar-refractivity contribution in [1.29, 1.82) is 0 Å². The number of fused-ring (bicyclic) bond motifs is 11. The van der Waals surface area contributed by atoms with Crippen LogP contribution in [-0.2, 0) is 0 Å². The van der Waals surface area contributed by atoms with E-state index in [1.54, 1.807) is 0 Å². The van der Waals surface area contributed by atoms with E-state index in [2.05, 4.69) is 138 Å². The molecular weight excluding hydrogens is 653 g/mol. The second-order valence-electron chi connectivity index (χ2n) is 13.2. The van der Waals surface area contributed by atoms with Crippen molar-refractivity contribution in [2.75, 3.05) is 0 Å². The van der Waals surface area contributed by atoms with Crippen LogP contribution in [0, 0.1) is 0 Å². The Labute approximate surface area is 302 Å². The van der Waals surface area contributed by atoms with Gasteiger partial charge in [-0.3, -0.25) is 4.57 Å². The average molecular weight is 681 g/mol. The Kier molecular flexibility index (Phi) is 6.39. The molecule has 0 atom stereocenters. The summed E-state index contributed by atoms with van der Waals surface area (Å²) in [4.78, 5) is 15.7. The lowest BCUT2D eigenvalue weighted by atomic mass is 9.96. The van der Waals surface area contributed by atoms with E-state index >= 15 is 0 Å². The molecular formula is C47H28N4S. The highest BCUT2D eigenvalue weighted by molar-refractivity contribution is 7.25. The number of rotatable bonds is 4. The van der Waals surface area contributed by atoms with Crippen molar-refractivity contribution in [2.45, 2.75) is 0 Å². The Morgan fingerprint density at radius 3 is 1.63 bits per heavy atom. The maximum absolute atomic E-state index is 5.32. The van der Waals surface area contributed by atoms with Crippen molar-refractivity contribution in [3.05, 3.63) is 170 Å². The van der Waals surface area contributed by atoms with Gasteiger partial charge in [0.05, 0.1) is 11.0 Å². The quantitative estimate of drug-likeness (QED) is 0.174. The molecule has 0 amide bonds. The largest absolute Gasteiger partial charge is 0.277 e. The first-order chi connectivity index (χ1) is 25.8. The minimum absolute atomic E-state index is 0.587. The lowest BCUT2D eigenvalue weighted by molar-refractivity contribution is 0.955. The van der Waals surface area contributed by atoms with Gasteiger partial charge in [0.2, 0.25) is 5.95 Å². The van der Waals surface area contributed by atoms with Crippen LogP contribution >= 0.6 is 11.3 Å². The van der Waals surface area contributed by atoms with Gasteiger partial charge in [-0.25, -0.2) is 4.98 Å². The van der Waals surface area contributed by atoms with Gasteiger partial charge >= 0.3 is 0 Å². The smallest absolute Gasteiger partial charge is 0.238 e. The Morgan fingerprint density at radius 2 is 0.923 bits per heavy atom. The first kappa shape index (κ1) is 29.1. The molecule has 0 bridgehead atoms. The highest BCUT2D eigenvalue weighted by Gasteiger charge is 2.24.